The lowest BCUT2D eigenvalue weighted by atomic mass is 10.1. The van der Waals surface area contributed by atoms with Gasteiger partial charge in [-0.15, -0.1) is 11.8 Å². The van der Waals surface area contributed by atoms with Crippen LogP contribution in [0.5, 0.6) is 0 Å². The summed E-state index contributed by atoms with van der Waals surface area (Å²) >= 11 is 1.30. The molecular formula is C24H23N3O6S2. The molecule has 5 N–H and O–H groups in total. The molecule has 0 bridgehead atoms. The summed E-state index contributed by atoms with van der Waals surface area (Å²) in [6.45, 7) is 1.86. The Kier molecular flexibility index (Phi) is 8.28. The van der Waals surface area contributed by atoms with Crippen LogP contribution >= 0.6 is 11.8 Å². The van der Waals surface area contributed by atoms with E-state index >= 15 is 0 Å². The number of carboxylic acids is 1. The van der Waals surface area contributed by atoms with E-state index in [4.69, 9.17) is 5.14 Å². The lowest BCUT2D eigenvalue weighted by molar-refractivity contribution is -0.115. The fourth-order valence-corrected chi connectivity index (χ4v) is 4.68. The molecule has 0 saturated heterocycles. The van der Waals surface area contributed by atoms with Gasteiger partial charge < -0.3 is 15.7 Å². The molecule has 0 aliphatic heterocycles. The summed E-state index contributed by atoms with van der Waals surface area (Å²) in [6, 6.07) is 18.3. The SMILES string of the molecule is CCC(Sc1cccc(NC(=O)c2ccccc2C(=O)O)c1)C(=O)Nc1ccc(S(N)(=O)=O)cc1. The van der Waals surface area contributed by atoms with Crippen molar-refractivity contribution < 1.29 is 27.9 Å². The monoisotopic (exact) mass is 513 g/mol. The van der Waals surface area contributed by atoms with E-state index in [1.54, 1.807) is 36.4 Å². The number of hydrogen-bond donors (Lipinski definition) is 4. The first kappa shape index (κ1) is 25.9. The molecule has 0 radical (unpaired) electrons. The minimum absolute atomic E-state index is 0.0392. The number of benzene rings is 3. The van der Waals surface area contributed by atoms with Crippen LogP contribution in [0, 0.1) is 0 Å². The number of thioether (sulfide) groups is 1. The zero-order chi connectivity index (χ0) is 25.6. The molecule has 11 heteroatoms. The summed E-state index contributed by atoms with van der Waals surface area (Å²) in [5, 5.41) is 19.4. The Morgan fingerprint density at radius 2 is 1.57 bits per heavy atom. The van der Waals surface area contributed by atoms with Gasteiger partial charge in [0.15, 0.2) is 0 Å². The van der Waals surface area contributed by atoms with Crippen molar-refractivity contribution in [2.24, 2.45) is 5.14 Å². The minimum atomic E-state index is -3.82. The first-order valence-electron chi connectivity index (χ1n) is 10.4. The van der Waals surface area contributed by atoms with Crippen LogP contribution in [0.4, 0.5) is 11.4 Å². The topological polar surface area (TPSA) is 156 Å². The number of carboxylic acid groups (broad SMARTS) is 1. The first-order chi connectivity index (χ1) is 16.6. The van der Waals surface area contributed by atoms with Crippen molar-refractivity contribution in [2.75, 3.05) is 10.6 Å². The summed E-state index contributed by atoms with van der Waals surface area (Å²) in [4.78, 5) is 37.5. The van der Waals surface area contributed by atoms with Crippen molar-refractivity contribution in [2.45, 2.75) is 28.4 Å². The third-order valence-corrected chi connectivity index (χ3v) is 7.17. The number of amides is 2. The highest BCUT2D eigenvalue weighted by Gasteiger charge is 2.20. The number of anilines is 2. The number of hydrogen-bond acceptors (Lipinski definition) is 6. The van der Waals surface area contributed by atoms with Crippen molar-refractivity contribution in [3.05, 3.63) is 83.9 Å². The zero-order valence-electron chi connectivity index (χ0n) is 18.6. The standard InChI is InChI=1S/C24H23N3O6S2/c1-2-21(23(29)26-15-10-12-18(13-11-15)35(25,32)33)34-17-7-5-6-16(14-17)27-22(28)19-8-3-4-9-20(19)24(30)31/h3-14,21H,2H2,1H3,(H,26,29)(H,27,28)(H,30,31)(H2,25,32,33). The summed E-state index contributed by atoms with van der Waals surface area (Å²) in [7, 11) is -3.82. The normalized spacial score (nSPS) is 11.9. The van der Waals surface area contributed by atoms with E-state index in [9.17, 15) is 27.9 Å². The van der Waals surface area contributed by atoms with Gasteiger partial charge in [-0.05, 0) is 61.0 Å². The molecule has 3 rings (SSSR count). The molecule has 1 unspecified atom stereocenters. The number of carbonyl (C=O) groups excluding carboxylic acids is 2. The van der Waals surface area contributed by atoms with Gasteiger partial charge in [-0.25, -0.2) is 18.4 Å². The quantitative estimate of drug-likeness (QED) is 0.317. The van der Waals surface area contributed by atoms with E-state index in [0.717, 1.165) is 4.90 Å². The highest BCUT2D eigenvalue weighted by Crippen LogP contribution is 2.29. The Bertz CT molecular complexity index is 1360. The number of nitrogens with two attached hydrogens (primary N) is 1. The zero-order valence-corrected chi connectivity index (χ0v) is 20.2. The Morgan fingerprint density at radius 3 is 2.17 bits per heavy atom. The molecule has 9 nitrogen and oxygen atoms in total. The molecule has 182 valence electrons. The van der Waals surface area contributed by atoms with Gasteiger partial charge in [-0.3, -0.25) is 9.59 Å². The number of nitrogens with one attached hydrogen (secondary N) is 2. The van der Waals surface area contributed by atoms with E-state index in [1.165, 1.54) is 48.2 Å². The number of rotatable bonds is 9. The van der Waals surface area contributed by atoms with Gasteiger partial charge in [-0.1, -0.05) is 25.1 Å². The molecule has 0 saturated carbocycles. The Balaban J connectivity index is 1.69. The first-order valence-corrected chi connectivity index (χ1v) is 12.8. The maximum absolute atomic E-state index is 12.8. The van der Waals surface area contributed by atoms with Crippen molar-refractivity contribution in [3.63, 3.8) is 0 Å². The third-order valence-electron chi connectivity index (χ3n) is 4.89. The maximum Gasteiger partial charge on any atom is 0.336 e. The van der Waals surface area contributed by atoms with E-state index < -0.39 is 27.1 Å². The molecular weight excluding hydrogens is 490 g/mol. The fraction of sp³-hybridized carbons (Fsp3) is 0.125. The van der Waals surface area contributed by atoms with Gasteiger partial charge in [-0.2, -0.15) is 0 Å². The molecule has 3 aromatic carbocycles. The molecule has 0 heterocycles. The van der Waals surface area contributed by atoms with E-state index in [2.05, 4.69) is 10.6 Å². The van der Waals surface area contributed by atoms with Crippen LogP contribution in [0.1, 0.15) is 34.1 Å². The second-order valence-electron chi connectivity index (χ2n) is 7.41. The number of sulfonamides is 1. The second kappa shape index (κ2) is 11.2. The van der Waals surface area contributed by atoms with Crippen LogP contribution < -0.4 is 15.8 Å². The van der Waals surface area contributed by atoms with Gasteiger partial charge in [0.25, 0.3) is 5.91 Å². The molecule has 2 amide bonds. The Hall–Kier alpha value is -3.67. The van der Waals surface area contributed by atoms with E-state index in [-0.39, 0.29) is 21.9 Å². The number of carbonyl (C=O) groups is 3. The molecule has 1 atom stereocenters. The molecule has 0 fully saturated rings. The number of primary sulfonamides is 1. The van der Waals surface area contributed by atoms with E-state index in [1.807, 2.05) is 6.92 Å². The largest absolute Gasteiger partial charge is 0.478 e. The van der Waals surface area contributed by atoms with Crippen LogP contribution in [-0.2, 0) is 14.8 Å². The van der Waals surface area contributed by atoms with Gasteiger partial charge in [0, 0.05) is 16.3 Å². The average molecular weight is 514 g/mol. The van der Waals surface area contributed by atoms with Crippen LogP contribution in [0.25, 0.3) is 0 Å². The number of aromatic carboxylic acids is 1. The second-order valence-corrected chi connectivity index (χ2v) is 10.2. The molecule has 3 aromatic rings. The Labute approximate surface area is 206 Å². The lowest BCUT2D eigenvalue weighted by Gasteiger charge is -2.16. The molecule has 0 aromatic heterocycles. The van der Waals surface area contributed by atoms with Crippen molar-refractivity contribution in [3.8, 4) is 0 Å². The molecule has 0 spiro atoms. The summed E-state index contributed by atoms with van der Waals surface area (Å²) < 4.78 is 22.8. The van der Waals surface area contributed by atoms with Gasteiger partial charge in [0.2, 0.25) is 15.9 Å². The van der Waals surface area contributed by atoms with Gasteiger partial charge in [0.1, 0.15) is 0 Å². The van der Waals surface area contributed by atoms with Crippen LogP contribution in [0.3, 0.4) is 0 Å². The van der Waals surface area contributed by atoms with Crippen molar-refractivity contribution in [1.82, 2.24) is 0 Å². The predicted molar refractivity (Wildman–Crippen MR) is 134 cm³/mol. The Morgan fingerprint density at radius 1 is 0.914 bits per heavy atom. The average Bonchev–Trinajstić information content (AvgIpc) is 2.82. The minimum Gasteiger partial charge on any atom is -0.478 e. The van der Waals surface area contributed by atoms with Crippen LogP contribution in [-0.4, -0.2) is 36.6 Å². The molecule has 0 aliphatic rings. The fourth-order valence-electron chi connectivity index (χ4n) is 3.15. The smallest absolute Gasteiger partial charge is 0.336 e. The molecule has 0 aliphatic carbocycles. The maximum atomic E-state index is 12.8. The highest BCUT2D eigenvalue weighted by atomic mass is 32.2. The lowest BCUT2D eigenvalue weighted by Crippen LogP contribution is -2.24. The predicted octanol–water partition coefficient (Wildman–Crippen LogP) is 3.79. The van der Waals surface area contributed by atoms with Crippen LogP contribution in [0.15, 0.2) is 82.6 Å². The van der Waals surface area contributed by atoms with Gasteiger partial charge in [0.05, 0.1) is 21.3 Å². The summed E-state index contributed by atoms with van der Waals surface area (Å²) in [5.74, 6) is -2.03. The van der Waals surface area contributed by atoms with Gasteiger partial charge >= 0.3 is 5.97 Å². The third kappa shape index (κ3) is 6.92. The van der Waals surface area contributed by atoms with E-state index in [0.29, 0.717) is 17.8 Å². The highest BCUT2D eigenvalue weighted by molar-refractivity contribution is 8.00. The summed E-state index contributed by atoms with van der Waals surface area (Å²) in [6.07, 6.45) is 0.508. The summed E-state index contributed by atoms with van der Waals surface area (Å²) in [5.41, 5.74) is 0.821. The molecule has 35 heavy (non-hydrogen) atoms. The van der Waals surface area contributed by atoms with Crippen molar-refractivity contribution >= 4 is 50.9 Å². The van der Waals surface area contributed by atoms with Crippen molar-refractivity contribution in [1.29, 1.82) is 0 Å². The van der Waals surface area contributed by atoms with Crippen LogP contribution in [0.2, 0.25) is 0 Å².